The maximum atomic E-state index is 13.0. The van der Waals surface area contributed by atoms with E-state index < -0.39 is 97.5 Å². The molecule has 0 saturated carbocycles. The Kier molecular flexibility index (Phi) is 63.7. The summed E-state index contributed by atoms with van der Waals surface area (Å²) in [5.41, 5.74) is 0. The first kappa shape index (κ1) is 90.1. The SMILES string of the molecule is CCCCCCCCCCCCCCCCCCCCCCC(=O)O[C@H](COC(=O)CCCCCCCCCCCC(C)C)COP(=O)(O)OC[C@@H](O)COP(=O)(O)OC[C@@H](COC(=O)CCCCCCCCCCCC)OC(=O)CCCCCCCCC(C)CC. The van der Waals surface area contributed by atoms with Crippen LogP contribution in [0.25, 0.3) is 0 Å². The molecular weight excluding hydrogens is 1210 g/mol. The number of hydrogen-bond donors (Lipinski definition) is 3. The second kappa shape index (κ2) is 65.0. The summed E-state index contributed by atoms with van der Waals surface area (Å²) in [7, 11) is -9.90. The van der Waals surface area contributed by atoms with Crippen LogP contribution >= 0.6 is 15.6 Å². The van der Waals surface area contributed by atoms with Crippen molar-refractivity contribution < 1.29 is 80.2 Å². The fourth-order valence-corrected chi connectivity index (χ4v) is 12.7. The summed E-state index contributed by atoms with van der Waals surface area (Å²) in [6.45, 7) is 9.49. The minimum atomic E-state index is -4.95. The van der Waals surface area contributed by atoms with Crippen LogP contribution in [0.15, 0.2) is 0 Å². The van der Waals surface area contributed by atoms with Crippen molar-refractivity contribution in [1.82, 2.24) is 0 Å². The van der Waals surface area contributed by atoms with Gasteiger partial charge in [0.15, 0.2) is 12.2 Å². The molecule has 0 aliphatic rings. The molecule has 92 heavy (non-hydrogen) atoms. The van der Waals surface area contributed by atoms with Gasteiger partial charge in [0, 0.05) is 25.7 Å². The molecule has 0 bridgehead atoms. The number of esters is 4. The predicted molar refractivity (Wildman–Crippen MR) is 372 cm³/mol. The second-order valence-corrected chi connectivity index (χ2v) is 30.0. The quantitative estimate of drug-likeness (QED) is 0.0222. The van der Waals surface area contributed by atoms with Crippen LogP contribution in [0.1, 0.15) is 375 Å². The summed E-state index contributed by atoms with van der Waals surface area (Å²) in [6.07, 6.45) is 51.5. The van der Waals surface area contributed by atoms with Gasteiger partial charge in [0.1, 0.15) is 19.3 Å². The molecule has 546 valence electrons. The number of hydrogen-bond acceptors (Lipinski definition) is 15. The summed E-state index contributed by atoms with van der Waals surface area (Å²) in [4.78, 5) is 72.6. The van der Waals surface area contributed by atoms with Gasteiger partial charge in [-0.1, -0.05) is 324 Å². The van der Waals surface area contributed by atoms with E-state index in [0.717, 1.165) is 102 Å². The molecule has 0 radical (unpaired) electrons. The molecule has 0 aromatic heterocycles. The number of rotatable bonds is 72. The lowest BCUT2D eigenvalue weighted by molar-refractivity contribution is -0.161. The van der Waals surface area contributed by atoms with Gasteiger partial charge in [-0.2, -0.15) is 0 Å². The lowest BCUT2D eigenvalue weighted by atomic mass is 10.00. The minimum absolute atomic E-state index is 0.103. The van der Waals surface area contributed by atoms with Crippen molar-refractivity contribution in [3.8, 4) is 0 Å². The summed E-state index contributed by atoms with van der Waals surface area (Å²) >= 11 is 0. The van der Waals surface area contributed by atoms with Crippen LogP contribution < -0.4 is 0 Å². The third-order valence-corrected chi connectivity index (χ3v) is 19.2. The third kappa shape index (κ3) is 65.4. The fraction of sp³-hybridized carbons (Fsp3) is 0.945. The van der Waals surface area contributed by atoms with Gasteiger partial charge in [-0.15, -0.1) is 0 Å². The topological polar surface area (TPSA) is 237 Å². The normalized spacial score (nSPS) is 14.4. The molecule has 3 N–H and O–H groups in total. The van der Waals surface area contributed by atoms with Gasteiger partial charge in [-0.05, 0) is 37.5 Å². The highest BCUT2D eigenvalue weighted by atomic mass is 31.2. The molecule has 0 aromatic carbocycles. The summed E-state index contributed by atoms with van der Waals surface area (Å²) in [5, 5.41) is 10.6. The number of ether oxygens (including phenoxy) is 4. The number of aliphatic hydroxyl groups is 1. The molecule has 0 aromatic rings. The highest BCUT2D eigenvalue weighted by Gasteiger charge is 2.30. The molecule has 0 aliphatic carbocycles. The Balaban J connectivity index is 5.19. The second-order valence-electron chi connectivity index (χ2n) is 27.1. The molecule has 0 heterocycles. The number of unbranched alkanes of at least 4 members (excludes halogenated alkanes) is 41. The first-order valence-corrected chi connectivity index (χ1v) is 41.0. The molecule has 6 atom stereocenters. The van der Waals surface area contributed by atoms with Crippen LogP contribution in [0.5, 0.6) is 0 Å². The van der Waals surface area contributed by atoms with Crippen molar-refractivity contribution in [3.63, 3.8) is 0 Å². The van der Waals surface area contributed by atoms with Crippen molar-refractivity contribution in [1.29, 1.82) is 0 Å². The van der Waals surface area contributed by atoms with Gasteiger partial charge in [0.25, 0.3) is 0 Å². The van der Waals surface area contributed by atoms with Crippen LogP contribution in [0.2, 0.25) is 0 Å². The largest absolute Gasteiger partial charge is 0.472 e. The average molecular weight is 1350 g/mol. The van der Waals surface area contributed by atoms with E-state index in [1.54, 1.807) is 0 Å². The Hall–Kier alpha value is -1.94. The molecule has 0 rings (SSSR count). The van der Waals surface area contributed by atoms with Crippen molar-refractivity contribution in [3.05, 3.63) is 0 Å². The van der Waals surface area contributed by atoms with Crippen molar-refractivity contribution >= 4 is 39.5 Å². The Morgan fingerprint density at radius 1 is 0.315 bits per heavy atom. The van der Waals surface area contributed by atoms with E-state index in [2.05, 4.69) is 41.5 Å². The van der Waals surface area contributed by atoms with Gasteiger partial charge in [0.05, 0.1) is 26.4 Å². The van der Waals surface area contributed by atoms with Crippen LogP contribution in [0.4, 0.5) is 0 Å². The summed E-state index contributed by atoms with van der Waals surface area (Å²) in [6, 6.07) is 0. The monoisotopic (exact) mass is 1350 g/mol. The van der Waals surface area contributed by atoms with Crippen LogP contribution in [0.3, 0.4) is 0 Å². The Morgan fingerprint density at radius 2 is 0.554 bits per heavy atom. The number of aliphatic hydroxyl groups excluding tert-OH is 1. The van der Waals surface area contributed by atoms with Crippen LogP contribution in [-0.4, -0.2) is 96.7 Å². The van der Waals surface area contributed by atoms with E-state index in [1.807, 2.05) is 0 Å². The summed E-state index contributed by atoms with van der Waals surface area (Å²) < 4.78 is 68.3. The number of carbonyl (C=O) groups excluding carboxylic acids is 4. The van der Waals surface area contributed by atoms with Crippen LogP contribution in [0, 0.1) is 11.8 Å². The van der Waals surface area contributed by atoms with Crippen molar-refractivity contribution in [2.45, 2.75) is 394 Å². The first-order chi connectivity index (χ1) is 44.4. The van der Waals surface area contributed by atoms with Crippen molar-refractivity contribution in [2.24, 2.45) is 11.8 Å². The molecule has 0 fully saturated rings. The molecule has 0 aliphatic heterocycles. The van der Waals surface area contributed by atoms with Gasteiger partial charge < -0.3 is 33.8 Å². The average Bonchev–Trinajstić information content (AvgIpc) is 3.07. The highest BCUT2D eigenvalue weighted by Crippen LogP contribution is 2.45. The maximum Gasteiger partial charge on any atom is 0.472 e. The van der Waals surface area contributed by atoms with Gasteiger partial charge >= 0.3 is 39.5 Å². The molecule has 0 saturated heterocycles. The lowest BCUT2D eigenvalue weighted by Crippen LogP contribution is -2.30. The molecule has 19 heteroatoms. The molecular formula is C73H142O17P2. The molecule has 0 spiro atoms. The first-order valence-electron chi connectivity index (χ1n) is 38.0. The van der Waals surface area contributed by atoms with Gasteiger partial charge in [-0.3, -0.25) is 37.3 Å². The van der Waals surface area contributed by atoms with E-state index in [0.29, 0.717) is 25.7 Å². The zero-order chi connectivity index (χ0) is 67.9. The van der Waals surface area contributed by atoms with E-state index >= 15 is 0 Å². The number of phosphoric ester groups is 2. The van der Waals surface area contributed by atoms with Gasteiger partial charge in [-0.25, -0.2) is 9.13 Å². The highest BCUT2D eigenvalue weighted by molar-refractivity contribution is 7.47. The fourth-order valence-electron chi connectivity index (χ4n) is 11.1. The number of phosphoric acid groups is 2. The Morgan fingerprint density at radius 3 is 0.826 bits per heavy atom. The molecule has 3 unspecified atom stereocenters. The molecule has 17 nitrogen and oxygen atoms in total. The predicted octanol–water partition coefficient (Wildman–Crippen LogP) is 21.2. The van der Waals surface area contributed by atoms with E-state index in [9.17, 15) is 43.2 Å². The lowest BCUT2D eigenvalue weighted by Gasteiger charge is -2.21. The maximum absolute atomic E-state index is 13.0. The van der Waals surface area contributed by atoms with Crippen molar-refractivity contribution in [2.75, 3.05) is 39.6 Å². The Bertz CT molecular complexity index is 1790. The van der Waals surface area contributed by atoms with E-state index in [1.165, 1.54) is 193 Å². The van der Waals surface area contributed by atoms with Gasteiger partial charge in [0.2, 0.25) is 0 Å². The smallest absolute Gasteiger partial charge is 0.462 e. The Labute approximate surface area is 562 Å². The van der Waals surface area contributed by atoms with Crippen LogP contribution in [-0.2, 0) is 65.4 Å². The molecule has 0 amide bonds. The third-order valence-electron chi connectivity index (χ3n) is 17.3. The zero-order valence-electron chi connectivity index (χ0n) is 59.9. The van der Waals surface area contributed by atoms with E-state index in [-0.39, 0.29) is 25.7 Å². The zero-order valence-corrected chi connectivity index (χ0v) is 61.6. The minimum Gasteiger partial charge on any atom is -0.462 e. The summed E-state index contributed by atoms with van der Waals surface area (Å²) in [5.74, 6) is -0.660. The van der Waals surface area contributed by atoms with E-state index in [4.69, 9.17) is 37.0 Å². The number of carbonyl (C=O) groups is 4. The standard InChI is InChI=1S/C73H142O17P2/c1-7-10-12-14-16-18-20-21-22-23-24-25-26-27-28-29-33-38-45-51-57-72(77)89-68(61-83-71(76)56-50-44-37-34-30-31-35-41-47-53-65(4)5)63-87-91(79,80)85-59-67(74)60-86-92(81,82)88-64-69(90-73(78)58-52-46-40-39-42-48-54-66(6)9-3)62-84-70(75)55-49-43-36-32-19-17-15-13-11-8-2/h65-69,74H,7-64H2,1-6H3,(H,79,80)(H,81,82)/t66?,67-,68-,69-/m1/s1.